The molecule has 462 valence electrons. The average molecular weight is 1100 g/mol. The number of carbonyl (C=O) groups excluding carboxylic acids is 2. The number of hydrogen-bond acceptors (Lipinski definition) is 5. The lowest BCUT2D eigenvalue weighted by atomic mass is 10.0. The molecule has 3 N–H and O–H groups in total. The van der Waals surface area contributed by atoms with Gasteiger partial charge in [0.15, 0.2) is 0 Å². The number of carbonyl (C=O) groups is 2. The van der Waals surface area contributed by atoms with Crippen molar-refractivity contribution in [2.45, 2.75) is 411 Å². The zero-order valence-corrected chi connectivity index (χ0v) is 52.9. The summed E-state index contributed by atoms with van der Waals surface area (Å²) < 4.78 is 5.48. The van der Waals surface area contributed by atoms with Gasteiger partial charge < -0.3 is 20.3 Å². The number of esters is 1. The molecule has 78 heavy (non-hydrogen) atoms. The molecule has 2 unspecified atom stereocenters. The Morgan fingerprint density at radius 3 is 0.923 bits per heavy atom. The fourth-order valence-electron chi connectivity index (χ4n) is 11.3. The van der Waals surface area contributed by atoms with Crippen LogP contribution in [0, 0.1) is 0 Å². The van der Waals surface area contributed by atoms with E-state index in [0.29, 0.717) is 19.4 Å². The van der Waals surface area contributed by atoms with E-state index in [1.807, 2.05) is 6.08 Å². The zero-order valence-electron chi connectivity index (χ0n) is 52.9. The van der Waals surface area contributed by atoms with E-state index in [1.54, 1.807) is 6.08 Å². The summed E-state index contributed by atoms with van der Waals surface area (Å²) in [5.74, 6) is -0.0495. The first kappa shape index (κ1) is 76.3. The Bertz CT molecular complexity index is 1220. The maximum atomic E-state index is 12.5. The molecule has 0 saturated heterocycles. The van der Waals surface area contributed by atoms with E-state index >= 15 is 0 Å². The van der Waals surface area contributed by atoms with Crippen LogP contribution in [0.25, 0.3) is 0 Å². The normalized spacial score (nSPS) is 12.6. The SMILES string of the molecule is CCCCCC/C=C\CCCCCCCC(=O)OCCCCCCCCCCCCCCCCCCCCCCCCCCCCCCCCC(=O)NC(CO)C(O)/C=C/CCCCCCCCCCCCCCCCCC. The lowest BCUT2D eigenvalue weighted by Gasteiger charge is -2.20. The highest BCUT2D eigenvalue weighted by Crippen LogP contribution is 2.19. The molecule has 0 aliphatic rings. The molecule has 0 saturated carbocycles. The van der Waals surface area contributed by atoms with Gasteiger partial charge in [0.2, 0.25) is 5.91 Å². The molecule has 0 spiro atoms. The molecule has 0 aromatic carbocycles. The highest BCUT2D eigenvalue weighted by molar-refractivity contribution is 5.76. The van der Waals surface area contributed by atoms with Gasteiger partial charge in [-0.2, -0.15) is 0 Å². The van der Waals surface area contributed by atoms with Gasteiger partial charge in [-0.25, -0.2) is 0 Å². The molecule has 1 amide bonds. The molecule has 0 bridgehead atoms. The Kier molecular flexibility index (Phi) is 66.4. The van der Waals surface area contributed by atoms with Crippen LogP contribution in [0.3, 0.4) is 0 Å². The van der Waals surface area contributed by atoms with Gasteiger partial charge >= 0.3 is 5.97 Å². The molecule has 0 aliphatic carbocycles. The van der Waals surface area contributed by atoms with E-state index in [4.69, 9.17) is 4.74 Å². The summed E-state index contributed by atoms with van der Waals surface area (Å²) in [6, 6.07) is -0.625. The molecule has 0 aliphatic heterocycles. The molecule has 0 rings (SSSR count). The van der Waals surface area contributed by atoms with Crippen molar-refractivity contribution in [3.8, 4) is 0 Å². The van der Waals surface area contributed by atoms with E-state index in [1.165, 1.54) is 327 Å². The number of rotatable bonds is 67. The van der Waals surface area contributed by atoms with Crippen LogP contribution in [-0.4, -0.2) is 47.4 Å². The second kappa shape index (κ2) is 67.8. The van der Waals surface area contributed by atoms with Gasteiger partial charge in [-0.05, 0) is 57.8 Å². The zero-order chi connectivity index (χ0) is 56.4. The van der Waals surface area contributed by atoms with Crippen LogP contribution < -0.4 is 5.32 Å². The van der Waals surface area contributed by atoms with Gasteiger partial charge in [-0.1, -0.05) is 353 Å². The number of ether oxygens (including phenoxy) is 1. The Hall–Kier alpha value is -1.66. The van der Waals surface area contributed by atoms with Crippen LogP contribution >= 0.6 is 0 Å². The molecule has 0 heterocycles. The number of aliphatic hydroxyl groups excluding tert-OH is 2. The summed E-state index contributed by atoms with van der Waals surface area (Å²) in [6.45, 7) is 4.92. The Balaban J connectivity index is 3.35. The highest BCUT2D eigenvalue weighted by Gasteiger charge is 2.18. The first-order valence-corrected chi connectivity index (χ1v) is 35.6. The maximum absolute atomic E-state index is 12.5. The molecule has 0 aromatic heterocycles. The third kappa shape index (κ3) is 63.5. The van der Waals surface area contributed by atoms with Crippen molar-refractivity contribution in [1.82, 2.24) is 5.32 Å². The number of unbranched alkanes of at least 4 members (excludes halogenated alkanes) is 54. The summed E-state index contributed by atoms with van der Waals surface area (Å²) in [7, 11) is 0. The largest absolute Gasteiger partial charge is 0.466 e. The van der Waals surface area contributed by atoms with Gasteiger partial charge in [0.1, 0.15) is 0 Å². The first-order chi connectivity index (χ1) is 38.5. The monoisotopic (exact) mass is 1100 g/mol. The number of hydrogen-bond donors (Lipinski definition) is 3. The van der Waals surface area contributed by atoms with Gasteiger partial charge in [0.25, 0.3) is 0 Å². The number of amides is 1. The summed E-state index contributed by atoms with van der Waals surface area (Å²) in [6.07, 6.45) is 85.5. The van der Waals surface area contributed by atoms with Crippen LogP contribution in [0.15, 0.2) is 24.3 Å². The predicted molar refractivity (Wildman–Crippen MR) is 343 cm³/mol. The molecule has 2 atom stereocenters. The lowest BCUT2D eigenvalue weighted by molar-refractivity contribution is -0.143. The van der Waals surface area contributed by atoms with Crippen molar-refractivity contribution in [3.63, 3.8) is 0 Å². The molecule has 0 fully saturated rings. The molecule has 0 radical (unpaired) electrons. The van der Waals surface area contributed by atoms with Crippen LogP contribution in [-0.2, 0) is 14.3 Å². The van der Waals surface area contributed by atoms with Crippen molar-refractivity contribution < 1.29 is 24.5 Å². The van der Waals surface area contributed by atoms with Gasteiger partial charge in [0, 0.05) is 12.8 Å². The third-order valence-electron chi connectivity index (χ3n) is 16.7. The summed E-state index contributed by atoms with van der Waals surface area (Å²) in [5, 5.41) is 23.2. The molecule has 6 heteroatoms. The molecule has 6 nitrogen and oxygen atoms in total. The fraction of sp³-hybridized carbons (Fsp3) is 0.917. The van der Waals surface area contributed by atoms with E-state index in [2.05, 4.69) is 31.3 Å². The van der Waals surface area contributed by atoms with Crippen LogP contribution in [0.2, 0.25) is 0 Å². The number of aliphatic hydroxyl groups is 2. The summed E-state index contributed by atoms with van der Waals surface area (Å²) >= 11 is 0. The van der Waals surface area contributed by atoms with Crippen molar-refractivity contribution in [2.24, 2.45) is 0 Å². The highest BCUT2D eigenvalue weighted by atomic mass is 16.5. The number of allylic oxidation sites excluding steroid dienone is 3. The smallest absolute Gasteiger partial charge is 0.305 e. The van der Waals surface area contributed by atoms with Crippen LogP contribution in [0.1, 0.15) is 399 Å². The van der Waals surface area contributed by atoms with Gasteiger partial charge in [-0.15, -0.1) is 0 Å². The second-order valence-corrected chi connectivity index (χ2v) is 24.6. The fourth-order valence-corrected chi connectivity index (χ4v) is 11.3. The minimum absolute atomic E-state index is 0.0111. The third-order valence-corrected chi connectivity index (χ3v) is 16.7. The van der Waals surface area contributed by atoms with Crippen molar-refractivity contribution in [3.05, 3.63) is 24.3 Å². The minimum atomic E-state index is -0.842. The lowest BCUT2D eigenvalue weighted by Crippen LogP contribution is -2.45. The summed E-state index contributed by atoms with van der Waals surface area (Å²) in [4.78, 5) is 24.6. The van der Waals surface area contributed by atoms with E-state index in [-0.39, 0.29) is 18.5 Å². The van der Waals surface area contributed by atoms with Gasteiger partial charge in [-0.3, -0.25) is 9.59 Å². The second-order valence-electron chi connectivity index (χ2n) is 24.6. The topological polar surface area (TPSA) is 95.9 Å². The quantitative estimate of drug-likeness (QED) is 0.0320. The first-order valence-electron chi connectivity index (χ1n) is 35.6. The summed E-state index contributed by atoms with van der Waals surface area (Å²) in [5.41, 5.74) is 0. The molecular weight excluding hydrogens is 959 g/mol. The van der Waals surface area contributed by atoms with E-state index in [0.717, 1.165) is 44.9 Å². The number of nitrogens with one attached hydrogen (secondary N) is 1. The van der Waals surface area contributed by atoms with Gasteiger partial charge in [0.05, 0.1) is 25.4 Å². The Morgan fingerprint density at radius 2 is 0.603 bits per heavy atom. The van der Waals surface area contributed by atoms with Crippen LogP contribution in [0.4, 0.5) is 0 Å². The maximum Gasteiger partial charge on any atom is 0.305 e. The Morgan fingerprint density at radius 1 is 0.346 bits per heavy atom. The van der Waals surface area contributed by atoms with E-state index in [9.17, 15) is 19.8 Å². The van der Waals surface area contributed by atoms with Crippen molar-refractivity contribution in [2.75, 3.05) is 13.2 Å². The standard InChI is InChI=1S/C72H139NO5/c1-3-5-7-9-11-13-15-17-18-19-34-37-41-44-48-52-56-60-64-70(75)69(68-74)73-71(76)65-61-57-53-49-45-42-38-35-32-30-28-26-24-22-20-21-23-25-27-29-31-33-36-39-43-47-51-55-59-63-67-78-72(77)66-62-58-54-50-46-40-16-14-12-10-8-6-4-2/h14,16,60,64,69-70,74-75H,3-13,15,17-59,61-63,65-68H2,1-2H3,(H,73,76)/b16-14-,64-60+. The average Bonchev–Trinajstić information content (AvgIpc) is 3.44. The Labute approximate surface area is 488 Å². The van der Waals surface area contributed by atoms with E-state index < -0.39 is 12.1 Å². The van der Waals surface area contributed by atoms with Crippen molar-refractivity contribution in [1.29, 1.82) is 0 Å². The molecule has 0 aromatic rings. The minimum Gasteiger partial charge on any atom is -0.466 e. The molecular formula is C72H139NO5. The predicted octanol–water partition coefficient (Wildman–Crippen LogP) is 22.9. The van der Waals surface area contributed by atoms with Crippen molar-refractivity contribution >= 4 is 11.9 Å². The van der Waals surface area contributed by atoms with Crippen LogP contribution in [0.5, 0.6) is 0 Å².